The van der Waals surface area contributed by atoms with Crippen molar-refractivity contribution in [3.05, 3.63) is 262 Å². The average molecular weight is 1950 g/mol. The van der Waals surface area contributed by atoms with Crippen LogP contribution in [0.5, 0.6) is 0 Å². The minimum Gasteiger partial charge on any atom is -0.756 e. The van der Waals surface area contributed by atoms with Crippen LogP contribution in [0.4, 0.5) is 0 Å². The molecule has 28 nitrogen and oxygen atoms in total. The molecule has 0 radical (unpaired) electrons. The van der Waals surface area contributed by atoms with Crippen LogP contribution in [0.3, 0.4) is 0 Å². The number of phosphoric acid groups is 1. The summed E-state index contributed by atoms with van der Waals surface area (Å²) in [6.07, 6.45) is -14.6. The number of nitrogens with zero attached hydrogens (tertiary/aromatic N) is 3. The number of nitrogens with one attached hydrogen (secondary N) is 2. The van der Waals surface area contributed by atoms with Gasteiger partial charge in [0, 0.05) is 29.6 Å². The molecule has 139 heavy (non-hydrogen) atoms. The van der Waals surface area contributed by atoms with Gasteiger partial charge in [-0.2, -0.15) is 0 Å². The molecule has 764 valence electrons. The summed E-state index contributed by atoms with van der Waals surface area (Å²) in [5.41, 5.74) is 17.3. The largest absolute Gasteiger partial charge is 0.756 e. The highest BCUT2D eigenvalue weighted by Crippen LogP contribution is 2.50. The number of hydrogen-bond acceptors (Lipinski definition) is 24. The zero-order valence-corrected chi connectivity index (χ0v) is 85.1. The predicted octanol–water partition coefficient (Wildman–Crippen LogP) is 17.6. The molecule has 5 heterocycles. The lowest BCUT2D eigenvalue weighted by molar-refractivity contribution is -0.894. The summed E-state index contributed by atoms with van der Waals surface area (Å²) in [5, 5.41) is 18.7. The number of phosphoric ester groups is 1. The molecule has 13 rings (SSSR count). The van der Waals surface area contributed by atoms with Gasteiger partial charge in [0.2, 0.25) is 5.91 Å². The zero-order chi connectivity index (χ0) is 98.7. The van der Waals surface area contributed by atoms with Crippen LogP contribution in [0, 0.1) is 53.3 Å². The maximum atomic E-state index is 14.9. The molecule has 6 fully saturated rings. The summed E-state index contributed by atoms with van der Waals surface area (Å²) in [5.74, 6) is -3.86. The number of hydrogen-bond donors (Lipinski definition) is 3. The van der Waals surface area contributed by atoms with E-state index < -0.39 is 166 Å². The average Bonchev–Trinajstić information content (AvgIpc) is 0.748. The van der Waals surface area contributed by atoms with Gasteiger partial charge in [-0.25, -0.2) is 0 Å². The molecule has 29 heteroatoms. The van der Waals surface area contributed by atoms with Crippen molar-refractivity contribution in [3.63, 3.8) is 0 Å². The Bertz CT molecular complexity index is 4690. The fraction of sp³-hybridized carbons (Fsp3) is 0.609. The molecule has 5 aliphatic heterocycles. The standard InChI is InChI=1S/C104H141N4O23P.C6H15N/c1-13-15-16-17-39-54-121-132(111,112)131-99-94(74(11)93(116-59-79-46-31-21-32-47-79)97(118-61-81-50-35-23-36-51-81)98(99)119-62-82-52-37-24-38-53-82)129-102-89(107-108-105)73(10)92(86(126-102)64-114-57-77-42-27-19-28-43-77)127-100-71(8)70(7)91(128-101-88(106-75(12)110)72(9)90(115-58-78-44-29-20-30-45-78)85(125-101)63-113-56-76-40-25-18-26-41-76)87(124-100)65-120-103-96(69(6)66(3)83(14-2)122-103)130-104-95(68(5)67(4)84(55-109)123-104)117-60-80-48-33-22-34-49-80;1-4-7(5-2)6-3/h18-38,40-53,66-74,83-104,109H,13-17,39,54-65H2,1-12H3,(H,106,110)(H,111,112);4-6H2,1-3H3/t66-,67-,68-,69-,70+,71?,72+,73+,74?,83?,84?,85?,86?,87?,88?,89?,90+,91-,92-,93?,94+,95?,96?,97+,98?,99-,100+,101-,102+,103-,104+;/m0./s1. The Balaban J connectivity index is 0.00000238. The third-order valence-electron chi connectivity index (χ3n) is 29.1. The first-order valence-electron chi connectivity index (χ1n) is 50.9. The Morgan fingerprint density at radius 2 is 0.770 bits per heavy atom. The smallest absolute Gasteiger partial charge is 0.268 e. The highest BCUT2D eigenvalue weighted by Gasteiger charge is 2.59. The molecule has 1 amide bonds. The molecule has 6 aliphatic rings. The molecule has 14 unspecified atom stereocenters. The summed E-state index contributed by atoms with van der Waals surface area (Å²) >= 11 is 0. The van der Waals surface area contributed by atoms with Crippen molar-refractivity contribution in [1.82, 2.24) is 5.32 Å². The van der Waals surface area contributed by atoms with Crippen LogP contribution in [0.1, 0.15) is 181 Å². The van der Waals surface area contributed by atoms with Crippen molar-refractivity contribution in [1.29, 1.82) is 0 Å². The molecule has 7 aromatic carbocycles. The number of aliphatic hydroxyl groups is 1. The van der Waals surface area contributed by atoms with Gasteiger partial charge in [0.05, 0.1) is 154 Å². The molecular formula is C110H156N5O23P. The monoisotopic (exact) mass is 1950 g/mol. The Kier molecular flexibility index (Phi) is 45.1. The van der Waals surface area contributed by atoms with Gasteiger partial charge in [0.25, 0.3) is 7.82 Å². The number of ether oxygens (including phenoxy) is 17. The van der Waals surface area contributed by atoms with E-state index in [2.05, 4.69) is 84.6 Å². The Labute approximate surface area is 824 Å². The minimum atomic E-state index is -5.28. The van der Waals surface area contributed by atoms with Crippen LogP contribution in [-0.2, 0) is 145 Å². The van der Waals surface area contributed by atoms with Crippen LogP contribution in [0.15, 0.2) is 217 Å². The lowest BCUT2D eigenvalue weighted by Gasteiger charge is -2.53. The van der Waals surface area contributed by atoms with E-state index in [0.29, 0.717) is 12.8 Å². The SMILES string of the molecule is CCCCCCCOP(=O)([O-])O[C@@H]1C(OCc2ccccc2)[C@H](OCc2ccccc2)C(OCc2ccccc2)C(C)[C@H]1O[C@H]1OC(COCc2ccccc2)[C@@H](O[C@H]2OC(CO[C@H]3OC(CC)[C@@H](C)[C@H](C)C3O[C@H]3OC(CO)[C@@H](C)[C@H](C)C3OCc3ccccc3)[C@@H](O[C@@H]3OC(COCc4ccccc4)[C@H](OCc4ccccc4)[C@H](C)C3NC(C)=O)[C@H](C)C2C)[C@H](C)C1N=[N+]=[N-].CC[NH+](CC)CC. The maximum Gasteiger partial charge on any atom is 0.268 e. The normalized spacial score (nSPS) is 32.5. The van der Waals surface area contributed by atoms with Crippen LogP contribution >= 0.6 is 7.82 Å². The highest BCUT2D eigenvalue weighted by atomic mass is 31.2. The summed E-state index contributed by atoms with van der Waals surface area (Å²) in [7, 11) is -5.28. The molecule has 0 spiro atoms. The quantitative estimate of drug-likeness (QED) is 0.0105. The number of rotatable bonds is 50. The van der Waals surface area contributed by atoms with E-state index in [1.54, 1.807) is 4.90 Å². The number of carbonyl (C=O) groups is 1. The summed E-state index contributed by atoms with van der Waals surface area (Å²) < 4.78 is 149. The third kappa shape index (κ3) is 31.6. The van der Waals surface area contributed by atoms with Crippen molar-refractivity contribution in [2.45, 2.75) is 324 Å². The number of azide groups is 1. The molecule has 0 aromatic heterocycles. The van der Waals surface area contributed by atoms with Crippen molar-refractivity contribution in [3.8, 4) is 0 Å². The van der Waals surface area contributed by atoms with E-state index in [1.165, 1.54) is 26.6 Å². The minimum absolute atomic E-state index is 0.0146. The first-order valence-corrected chi connectivity index (χ1v) is 52.3. The predicted molar refractivity (Wildman–Crippen MR) is 526 cm³/mol. The third-order valence-corrected chi connectivity index (χ3v) is 30.1. The van der Waals surface area contributed by atoms with Crippen LogP contribution in [-0.4, -0.2) is 199 Å². The summed E-state index contributed by atoms with van der Waals surface area (Å²) in [6.45, 7) is 35.0. The molecule has 3 N–H and O–H groups in total. The van der Waals surface area contributed by atoms with E-state index in [9.17, 15) is 24.9 Å². The summed E-state index contributed by atoms with van der Waals surface area (Å²) in [6, 6.07) is 66.3. The van der Waals surface area contributed by atoms with Gasteiger partial charge >= 0.3 is 0 Å². The van der Waals surface area contributed by atoms with E-state index in [1.807, 2.05) is 240 Å². The summed E-state index contributed by atoms with van der Waals surface area (Å²) in [4.78, 5) is 33.9. The molecule has 0 bridgehead atoms. The van der Waals surface area contributed by atoms with Gasteiger partial charge in [-0.3, -0.25) is 9.36 Å². The van der Waals surface area contributed by atoms with Crippen molar-refractivity contribution in [2.24, 2.45) is 58.4 Å². The van der Waals surface area contributed by atoms with Crippen molar-refractivity contribution >= 4 is 13.7 Å². The fourth-order valence-corrected chi connectivity index (χ4v) is 20.9. The topological polar surface area (TPSA) is 318 Å². The van der Waals surface area contributed by atoms with Gasteiger partial charge in [-0.15, -0.1) is 0 Å². The zero-order valence-electron chi connectivity index (χ0n) is 84.2. The number of quaternary nitrogens is 1. The van der Waals surface area contributed by atoms with E-state index in [0.717, 1.165) is 64.6 Å². The molecule has 7 aromatic rings. The first kappa shape index (κ1) is 110. The number of unbranched alkanes of at least 4 members (excludes halogenated alkanes) is 4. The van der Waals surface area contributed by atoms with E-state index >= 15 is 0 Å². The van der Waals surface area contributed by atoms with Crippen LogP contribution in [0.2, 0.25) is 0 Å². The lowest BCUT2D eigenvalue weighted by Crippen LogP contribution is -3.11. The molecule has 1 aliphatic carbocycles. The Morgan fingerprint density at radius 1 is 0.388 bits per heavy atom. The molecular weight excluding hydrogens is 1790 g/mol. The first-order chi connectivity index (χ1) is 67.4. The fourth-order valence-electron chi connectivity index (χ4n) is 20.0. The molecule has 32 atom stereocenters. The van der Waals surface area contributed by atoms with Gasteiger partial charge in [-0.05, 0) is 114 Å². The van der Waals surface area contributed by atoms with E-state index in [-0.39, 0.29) is 115 Å². The van der Waals surface area contributed by atoms with Crippen LogP contribution < -0.4 is 15.1 Å². The number of carbonyl (C=O) groups excluding carboxylic acids is 1. The molecule has 5 saturated heterocycles. The van der Waals surface area contributed by atoms with Gasteiger partial charge in [-0.1, -0.05) is 319 Å². The van der Waals surface area contributed by atoms with E-state index in [4.69, 9.17) is 89.6 Å². The Morgan fingerprint density at radius 3 is 1.24 bits per heavy atom. The van der Waals surface area contributed by atoms with Crippen LogP contribution in [0.25, 0.3) is 10.4 Å². The maximum absolute atomic E-state index is 14.9. The number of amides is 1. The highest BCUT2D eigenvalue weighted by molar-refractivity contribution is 7.45. The van der Waals surface area contributed by atoms with Gasteiger partial charge in [0.1, 0.15) is 48.8 Å². The number of aliphatic hydroxyl groups excluding tert-OH is 1. The number of benzene rings is 7. The van der Waals surface area contributed by atoms with Gasteiger partial charge in [0.15, 0.2) is 31.5 Å². The second-order valence-corrected chi connectivity index (χ2v) is 39.9. The van der Waals surface area contributed by atoms with Crippen molar-refractivity contribution in [2.75, 3.05) is 52.7 Å². The second-order valence-electron chi connectivity index (χ2n) is 38.6. The lowest BCUT2D eigenvalue weighted by atomic mass is 9.78. The molecule has 1 saturated carbocycles. The second kappa shape index (κ2) is 56.8. The van der Waals surface area contributed by atoms with Crippen molar-refractivity contribution < 1.29 is 114 Å². The van der Waals surface area contributed by atoms with Gasteiger partial charge < -0.3 is 110 Å². The Hall–Kier alpha value is -7.33.